The van der Waals surface area contributed by atoms with E-state index in [1.165, 1.54) is 13.1 Å². The number of halogens is 1. The zero-order valence-corrected chi connectivity index (χ0v) is 11.2. The van der Waals surface area contributed by atoms with Gasteiger partial charge in [-0.1, -0.05) is 0 Å². The fraction of sp³-hybridized carbons (Fsp3) is 0.455. The zero-order chi connectivity index (χ0) is 13.8. The van der Waals surface area contributed by atoms with Crippen molar-refractivity contribution in [2.75, 3.05) is 32.5 Å². The molecule has 0 saturated carbocycles. The van der Waals surface area contributed by atoms with Crippen LogP contribution < -0.4 is 5.73 Å². The van der Waals surface area contributed by atoms with E-state index in [-0.39, 0.29) is 17.1 Å². The van der Waals surface area contributed by atoms with Gasteiger partial charge in [-0.25, -0.2) is 12.8 Å². The fourth-order valence-corrected chi connectivity index (χ4v) is 2.51. The molecule has 0 aliphatic rings. The minimum atomic E-state index is -3.65. The highest BCUT2D eigenvalue weighted by molar-refractivity contribution is 7.89. The van der Waals surface area contributed by atoms with E-state index in [0.29, 0.717) is 13.2 Å². The fourth-order valence-electron chi connectivity index (χ4n) is 1.32. The molecular weight excluding hydrogens is 259 g/mol. The molecule has 0 saturated heterocycles. The predicted octanol–water partition coefficient (Wildman–Crippen LogP) is 1.06. The molecule has 18 heavy (non-hydrogen) atoms. The number of benzene rings is 1. The summed E-state index contributed by atoms with van der Waals surface area (Å²) in [6.45, 7) is 2.89. The van der Waals surface area contributed by atoms with Crippen molar-refractivity contribution in [3.8, 4) is 0 Å². The van der Waals surface area contributed by atoms with Crippen molar-refractivity contribution in [2.45, 2.75) is 11.8 Å². The molecule has 0 radical (unpaired) electrons. The van der Waals surface area contributed by atoms with Crippen LogP contribution in [-0.2, 0) is 14.8 Å². The molecule has 2 N–H and O–H groups in total. The Bertz CT molecular complexity index is 505. The summed E-state index contributed by atoms with van der Waals surface area (Å²) >= 11 is 0. The van der Waals surface area contributed by atoms with Crippen LogP contribution in [0.25, 0.3) is 0 Å². The Morgan fingerprint density at radius 2 is 2.11 bits per heavy atom. The van der Waals surface area contributed by atoms with Gasteiger partial charge in [-0.3, -0.25) is 0 Å². The van der Waals surface area contributed by atoms with Gasteiger partial charge >= 0.3 is 0 Å². The molecule has 0 spiro atoms. The number of nitrogen functional groups attached to an aromatic ring is 1. The minimum Gasteiger partial charge on any atom is -0.396 e. The number of hydrogen-bond donors (Lipinski definition) is 1. The van der Waals surface area contributed by atoms with E-state index in [0.717, 1.165) is 16.4 Å². The molecule has 0 aromatic heterocycles. The third kappa shape index (κ3) is 3.41. The zero-order valence-electron chi connectivity index (χ0n) is 10.4. The van der Waals surface area contributed by atoms with Gasteiger partial charge in [-0.05, 0) is 25.1 Å². The lowest BCUT2D eigenvalue weighted by molar-refractivity contribution is 0.138. The summed E-state index contributed by atoms with van der Waals surface area (Å²) in [5.74, 6) is -0.633. The summed E-state index contributed by atoms with van der Waals surface area (Å²) in [5, 5.41) is 0. The van der Waals surface area contributed by atoms with E-state index in [1.54, 1.807) is 0 Å². The van der Waals surface area contributed by atoms with Crippen molar-refractivity contribution in [3.63, 3.8) is 0 Å². The number of nitrogens with zero attached hydrogens (tertiary/aromatic N) is 1. The second kappa shape index (κ2) is 6.12. The summed E-state index contributed by atoms with van der Waals surface area (Å²) in [7, 11) is -2.21. The summed E-state index contributed by atoms with van der Waals surface area (Å²) < 4.78 is 43.4. The Balaban J connectivity index is 2.88. The predicted molar refractivity (Wildman–Crippen MR) is 67.1 cm³/mol. The average Bonchev–Trinajstić information content (AvgIpc) is 2.32. The Morgan fingerprint density at radius 1 is 1.44 bits per heavy atom. The number of nitrogens with two attached hydrogens (primary N) is 1. The van der Waals surface area contributed by atoms with Crippen LogP contribution in [0.4, 0.5) is 10.1 Å². The smallest absolute Gasteiger partial charge is 0.242 e. The Kier molecular flexibility index (Phi) is 5.06. The normalized spacial score (nSPS) is 12.0. The molecular formula is C11H17FN2O3S. The van der Waals surface area contributed by atoms with E-state index >= 15 is 0 Å². The van der Waals surface area contributed by atoms with Gasteiger partial charge in [0.2, 0.25) is 10.0 Å². The van der Waals surface area contributed by atoms with Gasteiger partial charge in [0, 0.05) is 20.2 Å². The van der Waals surface area contributed by atoms with Crippen LogP contribution in [0.15, 0.2) is 23.1 Å². The lowest BCUT2D eigenvalue weighted by atomic mass is 10.3. The highest BCUT2D eigenvalue weighted by Crippen LogP contribution is 2.19. The lowest BCUT2D eigenvalue weighted by Gasteiger charge is -2.17. The highest BCUT2D eigenvalue weighted by atomic mass is 32.2. The van der Waals surface area contributed by atoms with E-state index in [1.807, 2.05) is 6.92 Å². The Hall–Kier alpha value is -1.18. The first-order valence-corrected chi connectivity index (χ1v) is 6.92. The van der Waals surface area contributed by atoms with Crippen molar-refractivity contribution < 1.29 is 17.5 Å². The number of sulfonamides is 1. The molecule has 5 nitrogen and oxygen atoms in total. The van der Waals surface area contributed by atoms with Crippen LogP contribution in [0.1, 0.15) is 6.92 Å². The molecule has 7 heteroatoms. The molecule has 0 unspecified atom stereocenters. The molecule has 0 fully saturated rings. The number of likely N-dealkylation sites (N-methyl/N-ethyl adjacent to an activating group) is 1. The first-order chi connectivity index (χ1) is 8.39. The van der Waals surface area contributed by atoms with Crippen LogP contribution in [0, 0.1) is 5.82 Å². The van der Waals surface area contributed by atoms with Gasteiger partial charge in [-0.15, -0.1) is 0 Å². The van der Waals surface area contributed by atoms with Crippen LogP contribution in [-0.4, -0.2) is 39.5 Å². The number of ether oxygens (including phenoxy) is 1. The second-order valence-electron chi connectivity index (χ2n) is 3.71. The standard InChI is InChI=1S/C11H17FN2O3S/c1-3-17-7-6-14(2)18(15,16)9-4-5-10(12)11(13)8-9/h4-5,8H,3,6-7,13H2,1-2H3. The molecule has 0 atom stereocenters. The maximum atomic E-state index is 13.0. The SMILES string of the molecule is CCOCCN(C)S(=O)(=O)c1ccc(F)c(N)c1. The topological polar surface area (TPSA) is 72.6 Å². The third-order valence-electron chi connectivity index (χ3n) is 2.43. The molecule has 0 heterocycles. The van der Waals surface area contributed by atoms with Crippen LogP contribution in [0.2, 0.25) is 0 Å². The number of anilines is 1. The summed E-state index contributed by atoms with van der Waals surface area (Å²) in [5.41, 5.74) is 5.17. The van der Waals surface area contributed by atoms with Crippen LogP contribution in [0.5, 0.6) is 0 Å². The van der Waals surface area contributed by atoms with Gasteiger partial charge in [0.05, 0.1) is 17.2 Å². The molecule has 1 aromatic carbocycles. The van der Waals surface area contributed by atoms with E-state index in [9.17, 15) is 12.8 Å². The van der Waals surface area contributed by atoms with Crippen LogP contribution >= 0.6 is 0 Å². The van der Waals surface area contributed by atoms with Gasteiger partial charge in [0.1, 0.15) is 5.82 Å². The second-order valence-corrected chi connectivity index (χ2v) is 5.75. The van der Waals surface area contributed by atoms with Gasteiger partial charge in [0.25, 0.3) is 0 Å². The van der Waals surface area contributed by atoms with Crippen LogP contribution in [0.3, 0.4) is 0 Å². The minimum absolute atomic E-state index is 0.0274. The number of hydrogen-bond acceptors (Lipinski definition) is 4. The first-order valence-electron chi connectivity index (χ1n) is 5.48. The maximum Gasteiger partial charge on any atom is 0.242 e. The van der Waals surface area contributed by atoms with Gasteiger partial charge < -0.3 is 10.5 Å². The first kappa shape index (κ1) is 14.9. The van der Waals surface area contributed by atoms with Gasteiger partial charge in [-0.2, -0.15) is 4.31 Å². The van der Waals surface area contributed by atoms with E-state index in [2.05, 4.69) is 0 Å². The van der Waals surface area contributed by atoms with Gasteiger partial charge in [0.15, 0.2) is 0 Å². The molecule has 102 valence electrons. The molecule has 1 rings (SSSR count). The van der Waals surface area contributed by atoms with Crippen molar-refractivity contribution >= 4 is 15.7 Å². The average molecular weight is 276 g/mol. The number of rotatable bonds is 6. The molecule has 0 aliphatic carbocycles. The van der Waals surface area contributed by atoms with Crippen molar-refractivity contribution in [3.05, 3.63) is 24.0 Å². The summed E-state index contributed by atoms with van der Waals surface area (Å²) in [6, 6.07) is 3.35. The molecule has 0 aliphatic heterocycles. The highest BCUT2D eigenvalue weighted by Gasteiger charge is 2.21. The maximum absolute atomic E-state index is 13.0. The van der Waals surface area contributed by atoms with Crippen molar-refractivity contribution in [1.29, 1.82) is 0 Å². The third-order valence-corrected chi connectivity index (χ3v) is 4.28. The van der Waals surface area contributed by atoms with Crippen molar-refractivity contribution in [1.82, 2.24) is 4.31 Å². The van der Waals surface area contributed by atoms with Crippen molar-refractivity contribution in [2.24, 2.45) is 0 Å². The summed E-state index contributed by atoms with van der Waals surface area (Å²) in [6.07, 6.45) is 0. The van der Waals surface area contributed by atoms with E-state index in [4.69, 9.17) is 10.5 Å². The van der Waals surface area contributed by atoms with E-state index < -0.39 is 15.8 Å². The molecule has 1 aromatic rings. The Labute approximate surface area is 106 Å². The lowest BCUT2D eigenvalue weighted by Crippen LogP contribution is -2.30. The molecule has 0 bridgehead atoms. The monoisotopic (exact) mass is 276 g/mol. The quantitative estimate of drug-likeness (QED) is 0.623. The Morgan fingerprint density at radius 3 is 2.67 bits per heavy atom. The molecule has 0 amide bonds. The largest absolute Gasteiger partial charge is 0.396 e. The summed E-state index contributed by atoms with van der Waals surface area (Å²) in [4.78, 5) is -0.0274.